The summed E-state index contributed by atoms with van der Waals surface area (Å²) in [5.74, 6) is 0.655. The zero-order valence-corrected chi connectivity index (χ0v) is 14.4. The molecule has 0 aliphatic heterocycles. The van der Waals surface area contributed by atoms with Crippen LogP contribution >= 0.6 is 34.7 Å². The minimum atomic E-state index is 0.655. The number of aromatic nitrogens is 3. The van der Waals surface area contributed by atoms with Crippen LogP contribution in [0.5, 0.6) is 0 Å². The van der Waals surface area contributed by atoms with Gasteiger partial charge in [0.25, 0.3) is 0 Å². The van der Waals surface area contributed by atoms with E-state index in [0.29, 0.717) is 5.75 Å². The van der Waals surface area contributed by atoms with E-state index in [4.69, 9.17) is 16.4 Å². The van der Waals surface area contributed by atoms with Crippen LogP contribution in [-0.2, 0) is 4.84 Å². The summed E-state index contributed by atoms with van der Waals surface area (Å²) < 4.78 is 1.81. The monoisotopic (exact) mass is 352 g/mol. The van der Waals surface area contributed by atoms with Crippen LogP contribution in [0.2, 0.25) is 5.02 Å². The van der Waals surface area contributed by atoms with Gasteiger partial charge in [0.2, 0.25) is 4.96 Å². The Labute approximate surface area is 141 Å². The van der Waals surface area contributed by atoms with Crippen molar-refractivity contribution in [1.82, 2.24) is 14.6 Å². The lowest BCUT2D eigenvalue weighted by Crippen LogP contribution is -2.06. The van der Waals surface area contributed by atoms with Gasteiger partial charge in [0.15, 0.2) is 0 Å². The fraction of sp³-hybridized carbons (Fsp3) is 0.214. The number of thiazole rings is 1. The number of hydrogen-bond acceptors (Lipinski definition) is 6. The summed E-state index contributed by atoms with van der Waals surface area (Å²) in [4.78, 5) is 12.1. The van der Waals surface area contributed by atoms with Crippen LogP contribution in [0.3, 0.4) is 0 Å². The molecule has 2 heterocycles. The predicted octanol–water partition coefficient (Wildman–Crippen LogP) is 3.90. The van der Waals surface area contributed by atoms with Crippen LogP contribution in [0.15, 0.2) is 40.6 Å². The predicted molar refractivity (Wildman–Crippen MR) is 91.3 cm³/mol. The van der Waals surface area contributed by atoms with E-state index in [1.54, 1.807) is 36.5 Å². The molecular weight excluding hydrogens is 340 g/mol. The molecule has 8 heteroatoms. The summed E-state index contributed by atoms with van der Waals surface area (Å²) in [6, 6.07) is 7.76. The molecule has 3 aromatic rings. The van der Waals surface area contributed by atoms with Gasteiger partial charge in [-0.05, 0) is 19.1 Å². The molecule has 0 radical (unpaired) electrons. The molecule has 114 valence electrons. The van der Waals surface area contributed by atoms with E-state index in [9.17, 15) is 0 Å². The highest BCUT2D eigenvalue weighted by Crippen LogP contribution is 2.29. The molecule has 0 unspecified atom stereocenters. The second-order valence-electron chi connectivity index (χ2n) is 4.41. The van der Waals surface area contributed by atoms with Gasteiger partial charge in [0.05, 0.1) is 15.6 Å². The Morgan fingerprint density at radius 2 is 2.27 bits per heavy atom. The van der Waals surface area contributed by atoms with E-state index < -0.39 is 0 Å². The van der Waals surface area contributed by atoms with Crippen molar-refractivity contribution in [3.8, 4) is 0 Å². The molecule has 3 rings (SSSR count). The van der Waals surface area contributed by atoms with Crippen LogP contribution in [0.4, 0.5) is 0 Å². The number of nitrogens with zero attached hydrogens (tertiary/aromatic N) is 4. The normalized spacial score (nSPS) is 12.0. The maximum Gasteiger partial charge on any atom is 0.212 e. The first kappa shape index (κ1) is 15.3. The molecule has 0 aliphatic carbocycles. The average molecular weight is 353 g/mol. The number of aryl methyl sites for hydroxylation is 1. The molecule has 5 nitrogen and oxygen atoms in total. The molecule has 0 spiro atoms. The summed E-state index contributed by atoms with van der Waals surface area (Å²) in [5, 5.41) is 9.11. The van der Waals surface area contributed by atoms with Gasteiger partial charge in [-0.15, -0.1) is 11.8 Å². The molecular formula is C14H13ClN4OS2. The topological polar surface area (TPSA) is 51.8 Å². The highest BCUT2D eigenvalue weighted by atomic mass is 35.5. The molecule has 2 aromatic heterocycles. The summed E-state index contributed by atoms with van der Waals surface area (Å²) in [7, 11) is 1.55. The van der Waals surface area contributed by atoms with E-state index in [-0.39, 0.29) is 0 Å². The fourth-order valence-electron chi connectivity index (χ4n) is 2.01. The van der Waals surface area contributed by atoms with E-state index in [2.05, 4.69) is 15.2 Å². The van der Waals surface area contributed by atoms with E-state index in [0.717, 1.165) is 31.2 Å². The third kappa shape index (κ3) is 2.97. The van der Waals surface area contributed by atoms with Crippen molar-refractivity contribution in [2.45, 2.75) is 11.8 Å². The Bertz CT molecular complexity index is 827. The molecule has 0 atom stereocenters. The highest BCUT2D eigenvalue weighted by molar-refractivity contribution is 8.00. The Morgan fingerprint density at radius 1 is 1.45 bits per heavy atom. The Balaban J connectivity index is 1.87. The van der Waals surface area contributed by atoms with Crippen LogP contribution < -0.4 is 0 Å². The van der Waals surface area contributed by atoms with Gasteiger partial charge < -0.3 is 4.84 Å². The van der Waals surface area contributed by atoms with Gasteiger partial charge in [0.1, 0.15) is 19.1 Å². The van der Waals surface area contributed by atoms with Crippen molar-refractivity contribution in [3.63, 3.8) is 0 Å². The largest absolute Gasteiger partial charge is 0.399 e. The van der Waals surface area contributed by atoms with Gasteiger partial charge in [0, 0.05) is 10.6 Å². The molecule has 0 saturated carbocycles. The minimum absolute atomic E-state index is 0.655. The molecule has 0 fully saturated rings. The zero-order valence-electron chi connectivity index (χ0n) is 12.0. The van der Waals surface area contributed by atoms with E-state index >= 15 is 0 Å². The molecule has 1 aromatic carbocycles. The van der Waals surface area contributed by atoms with Crippen LogP contribution in [-0.4, -0.2) is 33.2 Å². The smallest absolute Gasteiger partial charge is 0.212 e. The lowest BCUT2D eigenvalue weighted by Gasteiger charge is -2.06. The maximum atomic E-state index is 6.20. The van der Waals surface area contributed by atoms with Crippen LogP contribution in [0, 0.1) is 6.92 Å². The summed E-state index contributed by atoms with van der Waals surface area (Å²) in [5.41, 5.74) is 1.86. The lowest BCUT2D eigenvalue weighted by atomic mass is 10.3. The van der Waals surface area contributed by atoms with Crippen molar-refractivity contribution >= 4 is 45.4 Å². The quantitative estimate of drug-likeness (QED) is 0.397. The SMILES string of the molecule is CON=C(CSc1ccccc1Cl)c1sc2ncnn2c1C. The van der Waals surface area contributed by atoms with Crippen molar-refractivity contribution < 1.29 is 4.84 Å². The third-order valence-electron chi connectivity index (χ3n) is 3.02. The number of hydrogen-bond donors (Lipinski definition) is 0. The Kier molecular flexibility index (Phi) is 4.66. The fourth-order valence-corrected chi connectivity index (χ4v) is 4.29. The third-order valence-corrected chi connectivity index (χ3v) is 5.74. The van der Waals surface area contributed by atoms with Crippen molar-refractivity contribution in [2.24, 2.45) is 5.16 Å². The molecule has 0 amide bonds. The second-order valence-corrected chi connectivity index (χ2v) is 6.81. The summed E-state index contributed by atoms with van der Waals surface area (Å²) in [6.45, 7) is 2.00. The van der Waals surface area contributed by atoms with Crippen molar-refractivity contribution in [3.05, 3.63) is 46.2 Å². The van der Waals surface area contributed by atoms with E-state index in [1.807, 2.05) is 35.7 Å². The maximum absolute atomic E-state index is 6.20. The van der Waals surface area contributed by atoms with Crippen molar-refractivity contribution in [1.29, 1.82) is 0 Å². The summed E-state index contributed by atoms with van der Waals surface area (Å²) >= 11 is 9.37. The van der Waals surface area contributed by atoms with Crippen LogP contribution in [0.1, 0.15) is 10.6 Å². The molecule has 0 bridgehead atoms. The molecule has 0 N–H and O–H groups in total. The van der Waals surface area contributed by atoms with Gasteiger partial charge in [-0.25, -0.2) is 9.50 Å². The van der Waals surface area contributed by atoms with Gasteiger partial charge in [-0.2, -0.15) is 5.10 Å². The second kappa shape index (κ2) is 6.68. The molecule has 22 heavy (non-hydrogen) atoms. The molecule has 0 saturated heterocycles. The van der Waals surface area contributed by atoms with Gasteiger partial charge in [-0.1, -0.05) is 40.2 Å². The Hall–Kier alpha value is -1.57. The van der Waals surface area contributed by atoms with Crippen molar-refractivity contribution in [2.75, 3.05) is 12.9 Å². The number of thioether (sulfide) groups is 1. The average Bonchev–Trinajstić information content (AvgIpc) is 3.09. The summed E-state index contributed by atoms with van der Waals surface area (Å²) in [6.07, 6.45) is 1.55. The number of oxime groups is 1. The first-order valence-electron chi connectivity index (χ1n) is 6.47. The number of fused-ring (bicyclic) bond motifs is 1. The zero-order chi connectivity index (χ0) is 15.5. The first-order valence-corrected chi connectivity index (χ1v) is 8.65. The standard InChI is InChI=1S/C14H13ClN4OS2/c1-9-13(22-14-16-8-17-19(9)14)11(18-20-2)7-21-12-6-4-3-5-10(12)15/h3-6,8H,7H2,1-2H3. The number of rotatable bonds is 5. The van der Waals surface area contributed by atoms with E-state index in [1.165, 1.54) is 0 Å². The number of benzene rings is 1. The highest BCUT2D eigenvalue weighted by Gasteiger charge is 2.17. The lowest BCUT2D eigenvalue weighted by molar-refractivity contribution is 0.213. The first-order chi connectivity index (χ1) is 10.7. The number of halogens is 1. The van der Waals surface area contributed by atoms with Crippen LogP contribution in [0.25, 0.3) is 4.96 Å². The molecule has 0 aliphatic rings. The van der Waals surface area contributed by atoms with Gasteiger partial charge >= 0.3 is 0 Å². The Morgan fingerprint density at radius 3 is 3.00 bits per heavy atom. The van der Waals surface area contributed by atoms with Gasteiger partial charge in [-0.3, -0.25) is 0 Å². The minimum Gasteiger partial charge on any atom is -0.399 e.